The van der Waals surface area contributed by atoms with Gasteiger partial charge in [-0.2, -0.15) is 0 Å². The fourth-order valence-electron chi connectivity index (χ4n) is 1.75. The number of hydrogen-bond acceptors (Lipinski definition) is 2. The van der Waals surface area contributed by atoms with Crippen molar-refractivity contribution in [2.24, 2.45) is 0 Å². The van der Waals surface area contributed by atoms with E-state index in [-0.39, 0.29) is 5.82 Å². The smallest absolute Gasteiger partial charge is 0.137 e. The van der Waals surface area contributed by atoms with Gasteiger partial charge in [0.1, 0.15) is 5.82 Å². The van der Waals surface area contributed by atoms with Crippen LogP contribution in [-0.4, -0.2) is 7.05 Å². The fraction of sp³-hybridized carbons (Fsp3) is 0.200. The van der Waals surface area contributed by atoms with Crippen molar-refractivity contribution in [3.05, 3.63) is 59.4 Å². The molecule has 0 aliphatic carbocycles. The standard InChI is InChI=1S/C15H16FNS/c1-11-4-3-5-13(8-11)18-15-7-6-12(10-17-2)9-14(15)16/h3-9,17H,10H2,1-2H3. The Morgan fingerprint density at radius 1 is 1.17 bits per heavy atom. The molecule has 0 bridgehead atoms. The van der Waals surface area contributed by atoms with Crippen molar-refractivity contribution in [1.82, 2.24) is 5.32 Å². The summed E-state index contributed by atoms with van der Waals surface area (Å²) in [5.74, 6) is -0.158. The maximum absolute atomic E-state index is 13.9. The Bertz CT molecular complexity index is 540. The zero-order valence-corrected chi connectivity index (χ0v) is 11.4. The molecular weight excluding hydrogens is 245 g/mol. The lowest BCUT2D eigenvalue weighted by Gasteiger charge is -2.06. The molecule has 0 saturated carbocycles. The molecule has 0 unspecified atom stereocenters. The van der Waals surface area contributed by atoms with Crippen LogP contribution in [0.15, 0.2) is 52.3 Å². The van der Waals surface area contributed by atoms with Gasteiger partial charge in [-0.15, -0.1) is 0 Å². The first-order valence-electron chi connectivity index (χ1n) is 5.86. The number of halogens is 1. The number of aryl methyl sites for hydroxylation is 1. The van der Waals surface area contributed by atoms with Gasteiger partial charge in [0.2, 0.25) is 0 Å². The molecule has 18 heavy (non-hydrogen) atoms. The number of rotatable bonds is 4. The number of hydrogen-bond donors (Lipinski definition) is 1. The van der Waals surface area contributed by atoms with E-state index in [9.17, 15) is 4.39 Å². The van der Waals surface area contributed by atoms with Gasteiger partial charge >= 0.3 is 0 Å². The Morgan fingerprint density at radius 2 is 2.00 bits per heavy atom. The van der Waals surface area contributed by atoms with E-state index in [1.54, 1.807) is 6.07 Å². The predicted octanol–water partition coefficient (Wildman–Crippen LogP) is 4.00. The minimum Gasteiger partial charge on any atom is -0.316 e. The van der Waals surface area contributed by atoms with Crippen LogP contribution in [0.4, 0.5) is 4.39 Å². The van der Waals surface area contributed by atoms with Crippen LogP contribution in [0.3, 0.4) is 0 Å². The Morgan fingerprint density at radius 3 is 2.67 bits per heavy atom. The quantitative estimate of drug-likeness (QED) is 0.892. The molecule has 0 spiro atoms. The van der Waals surface area contributed by atoms with Crippen molar-refractivity contribution in [3.8, 4) is 0 Å². The van der Waals surface area contributed by atoms with E-state index in [2.05, 4.69) is 11.4 Å². The molecule has 2 aromatic rings. The van der Waals surface area contributed by atoms with Crippen LogP contribution < -0.4 is 5.32 Å². The Hall–Kier alpha value is -1.32. The molecule has 0 heterocycles. The molecule has 0 radical (unpaired) electrons. The molecule has 0 amide bonds. The Labute approximate surface area is 111 Å². The Kier molecular flexibility index (Phi) is 4.39. The molecular formula is C15H16FNS. The minimum atomic E-state index is -0.158. The summed E-state index contributed by atoms with van der Waals surface area (Å²) >= 11 is 1.46. The summed E-state index contributed by atoms with van der Waals surface area (Å²) < 4.78 is 13.9. The predicted molar refractivity (Wildman–Crippen MR) is 74.5 cm³/mol. The third-order valence-corrected chi connectivity index (χ3v) is 3.64. The van der Waals surface area contributed by atoms with E-state index in [1.165, 1.54) is 17.3 Å². The molecule has 0 aliphatic heterocycles. The van der Waals surface area contributed by atoms with Crippen molar-refractivity contribution < 1.29 is 4.39 Å². The van der Waals surface area contributed by atoms with E-state index in [4.69, 9.17) is 0 Å². The minimum absolute atomic E-state index is 0.158. The molecule has 2 rings (SSSR count). The number of nitrogens with one attached hydrogen (secondary N) is 1. The molecule has 0 fully saturated rings. The second-order valence-electron chi connectivity index (χ2n) is 4.21. The lowest BCUT2D eigenvalue weighted by Crippen LogP contribution is -2.05. The van der Waals surface area contributed by atoms with E-state index in [1.807, 2.05) is 44.3 Å². The van der Waals surface area contributed by atoms with Crippen LogP contribution in [0.5, 0.6) is 0 Å². The lowest BCUT2D eigenvalue weighted by molar-refractivity contribution is 0.598. The third kappa shape index (κ3) is 3.34. The topological polar surface area (TPSA) is 12.0 Å². The average Bonchev–Trinajstić information content (AvgIpc) is 2.33. The van der Waals surface area contributed by atoms with Gasteiger partial charge in [-0.05, 0) is 43.8 Å². The van der Waals surface area contributed by atoms with Crippen LogP contribution in [0.2, 0.25) is 0 Å². The first-order chi connectivity index (χ1) is 8.69. The third-order valence-electron chi connectivity index (χ3n) is 2.59. The van der Waals surface area contributed by atoms with Gasteiger partial charge in [0.05, 0.1) is 0 Å². The molecule has 1 nitrogen and oxygen atoms in total. The molecule has 0 aromatic heterocycles. The highest BCUT2D eigenvalue weighted by atomic mass is 32.2. The SMILES string of the molecule is CNCc1ccc(Sc2cccc(C)c2)c(F)c1. The summed E-state index contributed by atoms with van der Waals surface area (Å²) in [6.45, 7) is 2.72. The van der Waals surface area contributed by atoms with Crippen molar-refractivity contribution >= 4 is 11.8 Å². The first-order valence-corrected chi connectivity index (χ1v) is 6.68. The zero-order valence-electron chi connectivity index (χ0n) is 10.5. The summed E-state index contributed by atoms with van der Waals surface area (Å²) in [4.78, 5) is 1.73. The highest BCUT2D eigenvalue weighted by Gasteiger charge is 2.05. The second kappa shape index (κ2) is 6.03. The molecule has 94 valence electrons. The average molecular weight is 261 g/mol. The molecule has 0 aliphatic rings. The summed E-state index contributed by atoms with van der Waals surface area (Å²) in [6, 6.07) is 13.5. The van der Waals surface area contributed by atoms with E-state index < -0.39 is 0 Å². The van der Waals surface area contributed by atoms with Gasteiger partial charge < -0.3 is 5.32 Å². The lowest BCUT2D eigenvalue weighted by atomic mass is 10.2. The monoisotopic (exact) mass is 261 g/mol. The maximum atomic E-state index is 13.9. The Balaban J connectivity index is 2.19. The summed E-state index contributed by atoms with van der Waals surface area (Å²) in [7, 11) is 1.85. The van der Waals surface area contributed by atoms with Crippen LogP contribution in [0.1, 0.15) is 11.1 Å². The molecule has 1 N–H and O–H groups in total. The maximum Gasteiger partial charge on any atom is 0.137 e. The van der Waals surface area contributed by atoms with Gasteiger partial charge in [0.15, 0.2) is 0 Å². The molecule has 0 atom stereocenters. The van der Waals surface area contributed by atoms with Crippen LogP contribution in [-0.2, 0) is 6.54 Å². The van der Waals surface area contributed by atoms with Crippen molar-refractivity contribution in [2.45, 2.75) is 23.3 Å². The van der Waals surface area contributed by atoms with E-state index in [0.29, 0.717) is 11.4 Å². The van der Waals surface area contributed by atoms with Crippen LogP contribution in [0, 0.1) is 12.7 Å². The summed E-state index contributed by atoms with van der Waals surface area (Å²) in [5, 5.41) is 3.01. The van der Waals surface area contributed by atoms with Gasteiger partial charge in [0, 0.05) is 16.3 Å². The fourth-order valence-corrected chi connectivity index (χ4v) is 2.68. The van der Waals surface area contributed by atoms with Crippen molar-refractivity contribution in [1.29, 1.82) is 0 Å². The van der Waals surface area contributed by atoms with Gasteiger partial charge in [-0.1, -0.05) is 35.5 Å². The number of benzene rings is 2. The largest absolute Gasteiger partial charge is 0.316 e. The van der Waals surface area contributed by atoms with Gasteiger partial charge in [-0.25, -0.2) is 4.39 Å². The van der Waals surface area contributed by atoms with E-state index >= 15 is 0 Å². The molecule has 2 aromatic carbocycles. The normalized spacial score (nSPS) is 10.6. The van der Waals surface area contributed by atoms with Gasteiger partial charge in [0.25, 0.3) is 0 Å². The first kappa shape index (κ1) is 13.1. The highest BCUT2D eigenvalue weighted by Crippen LogP contribution is 2.30. The highest BCUT2D eigenvalue weighted by molar-refractivity contribution is 7.99. The zero-order chi connectivity index (χ0) is 13.0. The van der Waals surface area contributed by atoms with Crippen LogP contribution in [0.25, 0.3) is 0 Å². The van der Waals surface area contributed by atoms with Crippen molar-refractivity contribution in [2.75, 3.05) is 7.05 Å². The second-order valence-corrected chi connectivity index (χ2v) is 5.33. The van der Waals surface area contributed by atoms with E-state index in [0.717, 1.165) is 10.5 Å². The molecule has 3 heteroatoms. The van der Waals surface area contributed by atoms with Gasteiger partial charge in [-0.3, -0.25) is 0 Å². The summed E-state index contributed by atoms with van der Waals surface area (Å²) in [5.41, 5.74) is 2.15. The van der Waals surface area contributed by atoms with Crippen molar-refractivity contribution in [3.63, 3.8) is 0 Å². The van der Waals surface area contributed by atoms with Crippen LogP contribution >= 0.6 is 11.8 Å². The summed E-state index contributed by atoms with van der Waals surface area (Å²) in [6.07, 6.45) is 0. The molecule has 0 saturated heterocycles.